The lowest BCUT2D eigenvalue weighted by atomic mass is 10.0. The van der Waals surface area contributed by atoms with Gasteiger partial charge in [0.25, 0.3) is 0 Å². The van der Waals surface area contributed by atoms with E-state index in [0.717, 1.165) is 5.56 Å². The van der Waals surface area contributed by atoms with Crippen LogP contribution in [-0.4, -0.2) is 12.6 Å². The van der Waals surface area contributed by atoms with E-state index in [4.69, 9.17) is 10.00 Å². The van der Waals surface area contributed by atoms with Crippen molar-refractivity contribution in [1.29, 1.82) is 5.26 Å². The zero-order valence-corrected chi connectivity index (χ0v) is 11.2. The van der Waals surface area contributed by atoms with Crippen LogP contribution in [0.4, 0.5) is 0 Å². The Balaban J connectivity index is 2.89. The monoisotopic (exact) mass is 255 g/mol. The molecule has 3 heteroatoms. The van der Waals surface area contributed by atoms with Gasteiger partial charge >= 0.3 is 5.97 Å². The third-order valence-electron chi connectivity index (χ3n) is 2.59. The minimum absolute atomic E-state index is 0.0147. The van der Waals surface area contributed by atoms with E-state index in [2.05, 4.69) is 20.4 Å². The molecular formula is C16H17NO2. The summed E-state index contributed by atoms with van der Waals surface area (Å²) in [6, 6.07) is 9.59. The summed E-state index contributed by atoms with van der Waals surface area (Å²) < 4.78 is 4.83. The number of nitrogens with zero attached hydrogens (tertiary/aromatic N) is 1. The number of carbonyl (C=O) groups excluding carboxylic acids is 1. The first-order chi connectivity index (χ1) is 9.08. The summed E-state index contributed by atoms with van der Waals surface area (Å²) in [4.78, 5) is 11.6. The SMILES string of the molecule is C=CCOC(=O)/C(C#N)=C\c1ccc(C(C)C)cc1. The number of hydrogen-bond acceptors (Lipinski definition) is 3. The quantitative estimate of drug-likeness (QED) is 0.350. The molecule has 0 fully saturated rings. The molecule has 0 unspecified atom stereocenters. The Morgan fingerprint density at radius 3 is 2.53 bits per heavy atom. The van der Waals surface area contributed by atoms with Crippen LogP contribution in [-0.2, 0) is 9.53 Å². The summed E-state index contributed by atoms with van der Waals surface area (Å²) in [7, 11) is 0. The highest BCUT2D eigenvalue weighted by molar-refractivity contribution is 5.97. The number of benzene rings is 1. The van der Waals surface area contributed by atoms with E-state index >= 15 is 0 Å². The van der Waals surface area contributed by atoms with E-state index < -0.39 is 5.97 Å². The highest BCUT2D eigenvalue weighted by Gasteiger charge is 2.09. The molecule has 0 saturated carbocycles. The van der Waals surface area contributed by atoms with Crippen molar-refractivity contribution in [2.24, 2.45) is 0 Å². The Labute approximate surface area is 113 Å². The molecule has 0 spiro atoms. The van der Waals surface area contributed by atoms with Crippen LogP contribution in [0.2, 0.25) is 0 Å². The number of rotatable bonds is 5. The van der Waals surface area contributed by atoms with Crippen LogP contribution >= 0.6 is 0 Å². The average Bonchev–Trinajstić information content (AvgIpc) is 2.42. The second-order valence-corrected chi connectivity index (χ2v) is 4.38. The Bertz CT molecular complexity index is 519. The Kier molecular flexibility index (Phi) is 5.56. The third kappa shape index (κ3) is 4.44. The van der Waals surface area contributed by atoms with E-state index in [1.54, 1.807) is 0 Å². The molecule has 3 nitrogen and oxygen atoms in total. The number of carbonyl (C=O) groups is 1. The van der Waals surface area contributed by atoms with Crippen molar-refractivity contribution in [1.82, 2.24) is 0 Å². The van der Waals surface area contributed by atoms with Gasteiger partial charge in [-0.2, -0.15) is 5.26 Å². The van der Waals surface area contributed by atoms with Crippen LogP contribution in [0.3, 0.4) is 0 Å². The van der Waals surface area contributed by atoms with Gasteiger partial charge in [-0.15, -0.1) is 0 Å². The minimum atomic E-state index is -0.629. The van der Waals surface area contributed by atoms with Crippen LogP contribution in [0.5, 0.6) is 0 Å². The molecule has 1 aromatic rings. The lowest BCUT2D eigenvalue weighted by Crippen LogP contribution is -2.06. The van der Waals surface area contributed by atoms with Gasteiger partial charge < -0.3 is 4.74 Å². The molecule has 0 aliphatic carbocycles. The topological polar surface area (TPSA) is 50.1 Å². The van der Waals surface area contributed by atoms with Gasteiger partial charge in [-0.3, -0.25) is 0 Å². The summed E-state index contributed by atoms with van der Waals surface area (Å²) in [6.07, 6.45) is 2.99. The Morgan fingerprint density at radius 2 is 2.05 bits per heavy atom. The molecule has 0 atom stereocenters. The second kappa shape index (κ2) is 7.17. The fourth-order valence-electron chi connectivity index (χ4n) is 1.49. The smallest absolute Gasteiger partial charge is 0.349 e. The van der Waals surface area contributed by atoms with Crippen molar-refractivity contribution < 1.29 is 9.53 Å². The van der Waals surface area contributed by atoms with E-state index in [1.165, 1.54) is 17.7 Å². The van der Waals surface area contributed by atoms with Crippen molar-refractivity contribution in [3.63, 3.8) is 0 Å². The fraction of sp³-hybridized carbons (Fsp3) is 0.250. The third-order valence-corrected chi connectivity index (χ3v) is 2.59. The molecular weight excluding hydrogens is 238 g/mol. The second-order valence-electron chi connectivity index (χ2n) is 4.38. The molecule has 1 rings (SSSR count). The average molecular weight is 255 g/mol. The standard InChI is InChI=1S/C16H17NO2/c1-4-9-19-16(18)15(11-17)10-13-5-7-14(8-6-13)12(2)3/h4-8,10,12H,1,9H2,2-3H3/b15-10-. The van der Waals surface area contributed by atoms with Gasteiger partial charge in [0, 0.05) is 0 Å². The molecule has 0 heterocycles. The van der Waals surface area contributed by atoms with Crippen molar-refractivity contribution in [2.45, 2.75) is 19.8 Å². The number of esters is 1. The van der Waals surface area contributed by atoms with E-state index in [0.29, 0.717) is 5.92 Å². The zero-order chi connectivity index (χ0) is 14.3. The number of hydrogen-bond donors (Lipinski definition) is 0. The molecule has 1 aromatic carbocycles. The maximum absolute atomic E-state index is 11.6. The molecule has 0 N–H and O–H groups in total. The summed E-state index contributed by atoms with van der Waals surface area (Å²) in [5, 5.41) is 8.95. The summed E-state index contributed by atoms with van der Waals surface area (Å²) in [6.45, 7) is 7.77. The Morgan fingerprint density at radius 1 is 1.42 bits per heavy atom. The van der Waals surface area contributed by atoms with Gasteiger partial charge in [-0.25, -0.2) is 4.79 Å². The fourth-order valence-corrected chi connectivity index (χ4v) is 1.49. The molecule has 0 saturated heterocycles. The highest BCUT2D eigenvalue weighted by atomic mass is 16.5. The summed E-state index contributed by atoms with van der Waals surface area (Å²) in [5.41, 5.74) is 2.00. The van der Waals surface area contributed by atoms with Gasteiger partial charge in [-0.05, 0) is 23.1 Å². The predicted octanol–water partition coefficient (Wildman–Crippen LogP) is 3.45. The van der Waals surface area contributed by atoms with Crippen LogP contribution in [0, 0.1) is 11.3 Å². The molecule has 0 bridgehead atoms. The first-order valence-electron chi connectivity index (χ1n) is 6.08. The molecule has 0 radical (unpaired) electrons. The van der Waals surface area contributed by atoms with Crippen molar-refractivity contribution in [2.75, 3.05) is 6.61 Å². The molecule has 0 aliphatic rings. The van der Waals surface area contributed by atoms with Crippen LogP contribution in [0.15, 0.2) is 42.5 Å². The van der Waals surface area contributed by atoms with Crippen LogP contribution in [0.25, 0.3) is 6.08 Å². The van der Waals surface area contributed by atoms with E-state index in [9.17, 15) is 4.79 Å². The summed E-state index contributed by atoms with van der Waals surface area (Å²) in [5.74, 6) is -0.179. The van der Waals surface area contributed by atoms with E-state index in [1.807, 2.05) is 30.3 Å². The van der Waals surface area contributed by atoms with Gasteiger partial charge in [0.2, 0.25) is 0 Å². The minimum Gasteiger partial charge on any atom is -0.457 e. The zero-order valence-electron chi connectivity index (χ0n) is 11.2. The summed E-state index contributed by atoms with van der Waals surface area (Å²) >= 11 is 0. The molecule has 0 aromatic heterocycles. The van der Waals surface area contributed by atoms with Crippen LogP contribution < -0.4 is 0 Å². The van der Waals surface area contributed by atoms with Crippen LogP contribution in [0.1, 0.15) is 30.9 Å². The molecule has 98 valence electrons. The maximum atomic E-state index is 11.6. The molecule has 0 amide bonds. The molecule has 19 heavy (non-hydrogen) atoms. The van der Waals surface area contributed by atoms with E-state index in [-0.39, 0.29) is 12.2 Å². The van der Waals surface area contributed by atoms with Crippen molar-refractivity contribution >= 4 is 12.0 Å². The van der Waals surface area contributed by atoms with Gasteiger partial charge in [0.05, 0.1) is 0 Å². The Hall–Kier alpha value is -2.34. The van der Waals surface area contributed by atoms with Gasteiger partial charge in [-0.1, -0.05) is 50.8 Å². The lowest BCUT2D eigenvalue weighted by molar-refractivity contribution is -0.137. The van der Waals surface area contributed by atoms with Gasteiger partial charge in [0.15, 0.2) is 0 Å². The van der Waals surface area contributed by atoms with Crippen molar-refractivity contribution in [3.05, 3.63) is 53.6 Å². The number of nitriles is 1. The first-order valence-corrected chi connectivity index (χ1v) is 6.08. The first kappa shape index (κ1) is 14.7. The maximum Gasteiger partial charge on any atom is 0.349 e. The van der Waals surface area contributed by atoms with Gasteiger partial charge in [0.1, 0.15) is 18.2 Å². The normalized spacial score (nSPS) is 10.9. The van der Waals surface area contributed by atoms with Crippen molar-refractivity contribution in [3.8, 4) is 6.07 Å². The number of ether oxygens (including phenoxy) is 1. The largest absolute Gasteiger partial charge is 0.457 e. The highest BCUT2D eigenvalue weighted by Crippen LogP contribution is 2.16. The lowest BCUT2D eigenvalue weighted by Gasteiger charge is -2.05. The molecule has 0 aliphatic heterocycles. The predicted molar refractivity (Wildman–Crippen MR) is 75.3 cm³/mol.